The molecule has 0 unspecified atom stereocenters. The van der Waals surface area contributed by atoms with E-state index < -0.39 is 23.0 Å². The van der Waals surface area contributed by atoms with Gasteiger partial charge in [0.25, 0.3) is 0 Å². The summed E-state index contributed by atoms with van der Waals surface area (Å²) in [5.41, 5.74) is -0.621. The van der Waals surface area contributed by atoms with Crippen LogP contribution in [0.5, 0.6) is 0 Å². The molecular weight excluding hydrogens is 360 g/mol. The Morgan fingerprint density at radius 2 is 1.65 bits per heavy atom. The number of carbonyl (C=O) groups excluding carboxylic acids is 2. The molecule has 0 amide bonds. The molecule has 128 valence electrons. The van der Waals surface area contributed by atoms with Gasteiger partial charge < -0.3 is 9.47 Å². The maximum Gasteiger partial charge on any atom is 0.312 e. The first-order valence-corrected chi connectivity index (χ1v) is 8.34. The van der Waals surface area contributed by atoms with Crippen molar-refractivity contribution in [2.24, 2.45) is 5.41 Å². The molecule has 0 saturated carbocycles. The summed E-state index contributed by atoms with van der Waals surface area (Å²) in [6.45, 7) is 9.08. The van der Waals surface area contributed by atoms with Crippen LogP contribution in [0.4, 0.5) is 0 Å². The van der Waals surface area contributed by atoms with Crippen LogP contribution in [0.1, 0.15) is 52.5 Å². The highest BCUT2D eigenvalue weighted by molar-refractivity contribution is 9.10. The number of halogens is 1. The zero-order chi connectivity index (χ0) is 17.8. The summed E-state index contributed by atoms with van der Waals surface area (Å²) in [6, 6.07) is 7.70. The summed E-state index contributed by atoms with van der Waals surface area (Å²) in [6.07, 6.45) is -0.0336. The van der Waals surface area contributed by atoms with Crippen LogP contribution in [-0.2, 0) is 19.1 Å². The van der Waals surface area contributed by atoms with Gasteiger partial charge in [-0.1, -0.05) is 35.0 Å². The number of benzene rings is 1. The molecule has 0 fully saturated rings. The lowest BCUT2D eigenvalue weighted by Crippen LogP contribution is -2.38. The second kappa shape index (κ2) is 7.47. The van der Waals surface area contributed by atoms with E-state index in [2.05, 4.69) is 15.9 Å². The normalized spacial score (nSPS) is 15.4. The predicted molar refractivity (Wildman–Crippen MR) is 93.1 cm³/mol. The van der Waals surface area contributed by atoms with Gasteiger partial charge in [-0.25, -0.2) is 0 Å². The van der Waals surface area contributed by atoms with Gasteiger partial charge in [-0.15, -0.1) is 0 Å². The summed E-state index contributed by atoms with van der Waals surface area (Å²) in [4.78, 5) is 24.6. The molecule has 5 heteroatoms. The SMILES string of the molecule is COC(=O)[C@](C)(CC(=O)OC(C)(C)C)[C@H](C)c1ccc(Br)cc1. The van der Waals surface area contributed by atoms with E-state index >= 15 is 0 Å². The van der Waals surface area contributed by atoms with Gasteiger partial charge in [0, 0.05) is 4.47 Å². The van der Waals surface area contributed by atoms with Crippen LogP contribution in [0, 0.1) is 5.41 Å². The maximum atomic E-state index is 12.4. The second-order valence-corrected chi connectivity index (χ2v) is 7.86. The maximum absolute atomic E-state index is 12.4. The van der Waals surface area contributed by atoms with Gasteiger partial charge in [0.1, 0.15) is 5.60 Å². The average Bonchev–Trinajstić information content (AvgIpc) is 2.44. The Morgan fingerprint density at radius 1 is 1.13 bits per heavy atom. The van der Waals surface area contributed by atoms with Gasteiger partial charge >= 0.3 is 11.9 Å². The van der Waals surface area contributed by atoms with Crippen LogP contribution in [0.15, 0.2) is 28.7 Å². The summed E-state index contributed by atoms with van der Waals surface area (Å²) >= 11 is 3.40. The van der Waals surface area contributed by atoms with E-state index in [9.17, 15) is 9.59 Å². The topological polar surface area (TPSA) is 52.6 Å². The van der Waals surface area contributed by atoms with Crippen molar-refractivity contribution in [1.82, 2.24) is 0 Å². The molecule has 0 spiro atoms. The number of hydrogen-bond donors (Lipinski definition) is 0. The zero-order valence-corrected chi connectivity index (χ0v) is 16.2. The summed E-state index contributed by atoms with van der Waals surface area (Å²) in [5.74, 6) is -1.02. The fourth-order valence-corrected chi connectivity index (χ4v) is 2.70. The van der Waals surface area contributed by atoms with E-state index in [1.54, 1.807) is 27.7 Å². The third-order valence-electron chi connectivity index (χ3n) is 3.91. The van der Waals surface area contributed by atoms with Crippen LogP contribution < -0.4 is 0 Å². The molecule has 0 bridgehead atoms. The number of rotatable bonds is 5. The molecule has 4 nitrogen and oxygen atoms in total. The molecule has 1 aromatic rings. The van der Waals surface area contributed by atoms with Crippen LogP contribution in [0.2, 0.25) is 0 Å². The molecule has 2 atom stereocenters. The molecule has 1 aromatic carbocycles. The van der Waals surface area contributed by atoms with E-state index in [1.165, 1.54) is 7.11 Å². The lowest BCUT2D eigenvalue weighted by Gasteiger charge is -2.33. The van der Waals surface area contributed by atoms with Crippen LogP contribution in [0.25, 0.3) is 0 Å². The fraction of sp³-hybridized carbons (Fsp3) is 0.556. The van der Waals surface area contributed by atoms with E-state index in [0.717, 1.165) is 10.0 Å². The Kier molecular flexibility index (Phi) is 6.40. The first-order chi connectivity index (χ1) is 10.5. The number of ether oxygens (including phenoxy) is 2. The third-order valence-corrected chi connectivity index (χ3v) is 4.44. The molecule has 0 radical (unpaired) electrons. The summed E-state index contributed by atoms with van der Waals surface area (Å²) < 4.78 is 11.3. The van der Waals surface area contributed by atoms with Crippen molar-refractivity contribution >= 4 is 27.9 Å². The molecule has 0 N–H and O–H groups in total. The molecular formula is C18H25BrO4. The van der Waals surface area contributed by atoms with E-state index in [1.807, 2.05) is 31.2 Å². The monoisotopic (exact) mass is 384 g/mol. The number of methoxy groups -OCH3 is 1. The first-order valence-electron chi connectivity index (χ1n) is 7.55. The van der Waals surface area contributed by atoms with Crippen molar-refractivity contribution in [3.05, 3.63) is 34.3 Å². The van der Waals surface area contributed by atoms with Crippen LogP contribution >= 0.6 is 15.9 Å². The highest BCUT2D eigenvalue weighted by atomic mass is 79.9. The standard InChI is InChI=1S/C18H25BrO4/c1-12(13-7-9-14(19)10-8-13)18(5,16(21)22-6)11-15(20)23-17(2,3)4/h7-10,12H,11H2,1-6H3/t12-,18-/m1/s1. The minimum Gasteiger partial charge on any atom is -0.469 e. The van der Waals surface area contributed by atoms with Gasteiger partial charge in [0.2, 0.25) is 0 Å². The highest BCUT2D eigenvalue weighted by Gasteiger charge is 2.43. The largest absolute Gasteiger partial charge is 0.469 e. The minimum absolute atomic E-state index is 0.0336. The smallest absolute Gasteiger partial charge is 0.312 e. The summed E-state index contributed by atoms with van der Waals surface area (Å²) in [5, 5.41) is 0. The molecule has 1 rings (SSSR count). The van der Waals surface area contributed by atoms with Crippen molar-refractivity contribution in [2.75, 3.05) is 7.11 Å². The van der Waals surface area contributed by atoms with Gasteiger partial charge in [-0.3, -0.25) is 9.59 Å². The number of carbonyl (C=O) groups is 2. The van der Waals surface area contributed by atoms with Gasteiger partial charge in [-0.05, 0) is 51.3 Å². The van der Waals surface area contributed by atoms with Crippen molar-refractivity contribution in [2.45, 2.75) is 52.6 Å². The molecule has 0 aliphatic carbocycles. The third kappa shape index (κ3) is 5.34. The Bertz CT molecular complexity index is 559. The lowest BCUT2D eigenvalue weighted by molar-refractivity contribution is -0.166. The minimum atomic E-state index is -0.995. The zero-order valence-electron chi connectivity index (χ0n) is 14.6. The lowest BCUT2D eigenvalue weighted by atomic mass is 9.72. The van der Waals surface area contributed by atoms with Crippen molar-refractivity contribution in [1.29, 1.82) is 0 Å². The number of hydrogen-bond acceptors (Lipinski definition) is 4. The van der Waals surface area contributed by atoms with Crippen molar-refractivity contribution in [3.8, 4) is 0 Å². The Labute approximate surface area is 146 Å². The molecule has 0 saturated heterocycles. The molecule has 0 aliphatic heterocycles. The van der Waals surface area contributed by atoms with Gasteiger partial charge in [-0.2, -0.15) is 0 Å². The van der Waals surface area contributed by atoms with Crippen LogP contribution in [0.3, 0.4) is 0 Å². The second-order valence-electron chi connectivity index (χ2n) is 6.95. The van der Waals surface area contributed by atoms with E-state index in [-0.39, 0.29) is 12.3 Å². The Balaban J connectivity index is 3.09. The summed E-state index contributed by atoms with van der Waals surface area (Å²) in [7, 11) is 1.34. The first kappa shape index (κ1) is 19.7. The van der Waals surface area contributed by atoms with Crippen molar-refractivity contribution < 1.29 is 19.1 Å². The fourth-order valence-electron chi connectivity index (χ4n) is 2.43. The quantitative estimate of drug-likeness (QED) is 0.702. The molecule has 23 heavy (non-hydrogen) atoms. The van der Waals surface area contributed by atoms with Gasteiger partial charge in [0.15, 0.2) is 0 Å². The van der Waals surface area contributed by atoms with E-state index in [4.69, 9.17) is 9.47 Å². The molecule has 0 aromatic heterocycles. The molecule has 0 heterocycles. The van der Waals surface area contributed by atoms with E-state index in [0.29, 0.717) is 0 Å². The predicted octanol–water partition coefficient (Wildman–Crippen LogP) is 4.46. The Hall–Kier alpha value is -1.36. The van der Waals surface area contributed by atoms with Crippen molar-refractivity contribution in [3.63, 3.8) is 0 Å². The molecule has 0 aliphatic rings. The van der Waals surface area contributed by atoms with Crippen LogP contribution in [-0.4, -0.2) is 24.6 Å². The highest BCUT2D eigenvalue weighted by Crippen LogP contribution is 2.40. The van der Waals surface area contributed by atoms with Gasteiger partial charge in [0.05, 0.1) is 18.9 Å². The Morgan fingerprint density at radius 3 is 2.09 bits per heavy atom. The number of esters is 2. The average molecular weight is 385 g/mol.